The Kier molecular flexibility index (Phi) is 8.96. The summed E-state index contributed by atoms with van der Waals surface area (Å²) < 4.78 is 9.83. The molecule has 0 aromatic carbocycles. The summed E-state index contributed by atoms with van der Waals surface area (Å²) in [5.41, 5.74) is -0.0981. The molecule has 0 saturated carbocycles. The molecule has 1 aromatic heterocycles. The number of nitrogens with zero attached hydrogens (tertiary/aromatic N) is 5. The van der Waals surface area contributed by atoms with Gasteiger partial charge in [0.2, 0.25) is 5.13 Å². The van der Waals surface area contributed by atoms with Gasteiger partial charge in [-0.1, -0.05) is 6.92 Å². The highest BCUT2D eigenvalue weighted by Gasteiger charge is 2.33. The van der Waals surface area contributed by atoms with Crippen LogP contribution in [0, 0.1) is 5.41 Å². The fraction of sp³-hybridized carbons (Fsp3) is 0.824. The molecular formula is C17H31IN6O2S. The first-order valence-corrected chi connectivity index (χ1v) is 10.2. The lowest BCUT2D eigenvalue weighted by Gasteiger charge is -2.39. The highest BCUT2D eigenvalue weighted by atomic mass is 127. The Morgan fingerprint density at radius 3 is 2.56 bits per heavy atom. The van der Waals surface area contributed by atoms with Gasteiger partial charge in [-0.3, -0.25) is 4.99 Å². The maximum absolute atomic E-state index is 9.85. The van der Waals surface area contributed by atoms with Crippen LogP contribution in [0.3, 0.4) is 0 Å². The molecule has 0 bridgehead atoms. The number of aryl methyl sites for hydroxylation is 1. The van der Waals surface area contributed by atoms with Crippen LogP contribution in [0.4, 0.5) is 5.13 Å². The lowest BCUT2D eigenvalue weighted by molar-refractivity contribution is -0.0134. The number of halogens is 1. The number of aromatic nitrogens is 2. The van der Waals surface area contributed by atoms with Crippen molar-refractivity contribution in [2.24, 2.45) is 10.4 Å². The third-order valence-electron chi connectivity index (χ3n) is 5.35. The molecule has 0 atom stereocenters. The smallest absolute Gasteiger partial charge is 0.205 e. The zero-order chi connectivity index (χ0) is 18.4. The minimum absolute atomic E-state index is 0. The van der Waals surface area contributed by atoms with E-state index in [2.05, 4.69) is 36.4 Å². The van der Waals surface area contributed by atoms with E-state index in [4.69, 9.17) is 4.74 Å². The molecule has 27 heavy (non-hydrogen) atoms. The topological polar surface area (TPSA) is 86.1 Å². The quantitative estimate of drug-likeness (QED) is 0.350. The Labute approximate surface area is 182 Å². The third kappa shape index (κ3) is 5.64. The van der Waals surface area contributed by atoms with E-state index in [1.54, 1.807) is 0 Å². The standard InChI is InChI=1S/C17H30N6O2S.HI/c1-3-14-20-16(26-21-14)23-8-6-22(7-9-23)15(18-2)19-12-17(13-24)4-10-25-11-5-17;/h24H,3-13H2,1-2H3,(H,18,19);1H. The van der Waals surface area contributed by atoms with Crippen molar-refractivity contribution < 1.29 is 9.84 Å². The van der Waals surface area contributed by atoms with Crippen molar-refractivity contribution in [1.29, 1.82) is 0 Å². The molecule has 8 nitrogen and oxygen atoms in total. The largest absolute Gasteiger partial charge is 0.396 e. The van der Waals surface area contributed by atoms with Crippen LogP contribution in [0.15, 0.2) is 4.99 Å². The van der Waals surface area contributed by atoms with Gasteiger partial charge in [-0.2, -0.15) is 4.37 Å². The van der Waals surface area contributed by atoms with Crippen molar-refractivity contribution in [1.82, 2.24) is 19.6 Å². The van der Waals surface area contributed by atoms with Gasteiger partial charge in [0.05, 0.1) is 6.61 Å². The van der Waals surface area contributed by atoms with Crippen molar-refractivity contribution >= 4 is 46.6 Å². The zero-order valence-corrected chi connectivity index (χ0v) is 19.3. The average Bonchev–Trinajstić information content (AvgIpc) is 3.19. The average molecular weight is 510 g/mol. The Bertz CT molecular complexity index is 600. The maximum atomic E-state index is 9.85. The maximum Gasteiger partial charge on any atom is 0.205 e. The van der Waals surface area contributed by atoms with Crippen molar-refractivity contribution in [3.8, 4) is 0 Å². The van der Waals surface area contributed by atoms with Gasteiger partial charge in [-0.15, -0.1) is 24.0 Å². The van der Waals surface area contributed by atoms with Gasteiger partial charge in [-0.25, -0.2) is 4.98 Å². The number of rotatable bonds is 5. The second-order valence-corrected chi connectivity index (χ2v) is 7.72. The molecule has 154 valence electrons. The van der Waals surface area contributed by atoms with E-state index >= 15 is 0 Å². The number of guanidine groups is 1. The van der Waals surface area contributed by atoms with Crippen LogP contribution in [0.5, 0.6) is 0 Å². The van der Waals surface area contributed by atoms with Gasteiger partial charge in [-0.05, 0) is 12.8 Å². The number of aliphatic hydroxyl groups excluding tert-OH is 1. The van der Waals surface area contributed by atoms with E-state index in [1.807, 2.05) is 7.05 Å². The lowest BCUT2D eigenvalue weighted by Crippen LogP contribution is -2.54. The summed E-state index contributed by atoms with van der Waals surface area (Å²) >= 11 is 1.49. The predicted molar refractivity (Wildman–Crippen MR) is 119 cm³/mol. The van der Waals surface area contributed by atoms with E-state index < -0.39 is 0 Å². The second-order valence-electron chi connectivity index (χ2n) is 6.99. The van der Waals surface area contributed by atoms with Crippen LogP contribution in [-0.4, -0.2) is 84.9 Å². The van der Waals surface area contributed by atoms with Crippen LogP contribution < -0.4 is 10.2 Å². The molecule has 2 N–H and O–H groups in total. The summed E-state index contributed by atoms with van der Waals surface area (Å²) in [7, 11) is 1.82. The highest BCUT2D eigenvalue weighted by molar-refractivity contribution is 14.0. The molecule has 2 saturated heterocycles. The van der Waals surface area contributed by atoms with Crippen LogP contribution >= 0.6 is 35.5 Å². The summed E-state index contributed by atoms with van der Waals surface area (Å²) in [4.78, 5) is 13.6. The monoisotopic (exact) mass is 510 g/mol. The summed E-state index contributed by atoms with van der Waals surface area (Å²) in [6.45, 7) is 8.07. The molecule has 0 unspecified atom stereocenters. The Balaban J connectivity index is 0.00000261. The van der Waals surface area contributed by atoms with Gasteiger partial charge in [0.1, 0.15) is 5.82 Å². The number of piperazine rings is 1. The number of hydrogen-bond acceptors (Lipinski definition) is 7. The van der Waals surface area contributed by atoms with Gasteiger partial charge in [0, 0.05) is 76.4 Å². The van der Waals surface area contributed by atoms with E-state index in [9.17, 15) is 5.11 Å². The first-order valence-electron chi connectivity index (χ1n) is 9.41. The van der Waals surface area contributed by atoms with Crippen molar-refractivity contribution in [3.63, 3.8) is 0 Å². The fourth-order valence-electron chi connectivity index (χ4n) is 3.42. The number of aliphatic hydroxyl groups is 1. The molecular weight excluding hydrogens is 479 g/mol. The van der Waals surface area contributed by atoms with Crippen molar-refractivity contribution in [2.45, 2.75) is 26.2 Å². The van der Waals surface area contributed by atoms with E-state index in [0.717, 1.165) is 82.1 Å². The summed E-state index contributed by atoms with van der Waals surface area (Å²) in [6, 6.07) is 0. The summed E-state index contributed by atoms with van der Waals surface area (Å²) in [5.74, 6) is 1.84. The lowest BCUT2D eigenvalue weighted by atomic mass is 9.81. The SMILES string of the molecule is CCc1nsc(N2CCN(C(=NC)NCC3(CO)CCOCC3)CC2)n1.I. The first-order chi connectivity index (χ1) is 12.7. The first kappa shape index (κ1) is 22.6. The molecule has 2 aliphatic heterocycles. The van der Waals surface area contributed by atoms with Gasteiger partial charge in [0.25, 0.3) is 0 Å². The van der Waals surface area contributed by atoms with Crippen LogP contribution in [0.2, 0.25) is 0 Å². The molecule has 0 amide bonds. The Morgan fingerprint density at radius 1 is 1.30 bits per heavy atom. The summed E-state index contributed by atoms with van der Waals surface area (Å²) in [6.07, 6.45) is 2.65. The number of aliphatic imine (C=N–C) groups is 1. The van der Waals surface area contributed by atoms with Crippen molar-refractivity contribution in [2.75, 3.05) is 64.5 Å². The Morgan fingerprint density at radius 2 is 2.00 bits per heavy atom. The Hall–Kier alpha value is -0.720. The molecule has 2 aliphatic rings. The van der Waals surface area contributed by atoms with Crippen molar-refractivity contribution in [3.05, 3.63) is 5.82 Å². The molecule has 10 heteroatoms. The van der Waals surface area contributed by atoms with E-state index in [0.29, 0.717) is 0 Å². The molecule has 3 heterocycles. The van der Waals surface area contributed by atoms with E-state index in [-0.39, 0.29) is 36.0 Å². The molecule has 1 aromatic rings. The van der Waals surface area contributed by atoms with Gasteiger partial charge in [0.15, 0.2) is 5.96 Å². The number of ether oxygens (including phenoxy) is 1. The predicted octanol–water partition coefficient (Wildman–Crippen LogP) is 1.20. The fourth-order valence-corrected chi connectivity index (χ4v) is 4.22. The van der Waals surface area contributed by atoms with Crippen LogP contribution in [0.25, 0.3) is 0 Å². The minimum atomic E-state index is -0.0981. The minimum Gasteiger partial charge on any atom is -0.396 e. The molecule has 0 spiro atoms. The summed E-state index contributed by atoms with van der Waals surface area (Å²) in [5, 5.41) is 14.4. The van der Waals surface area contributed by atoms with E-state index in [1.165, 1.54) is 11.5 Å². The third-order valence-corrected chi connectivity index (χ3v) is 6.16. The number of anilines is 1. The van der Waals surface area contributed by atoms with Gasteiger partial charge >= 0.3 is 0 Å². The normalized spacial score (nSPS) is 20.3. The highest BCUT2D eigenvalue weighted by Crippen LogP contribution is 2.29. The molecule has 0 aliphatic carbocycles. The molecule has 0 radical (unpaired) electrons. The van der Waals surface area contributed by atoms with Gasteiger partial charge < -0.3 is 25.0 Å². The number of hydrogen-bond donors (Lipinski definition) is 2. The zero-order valence-electron chi connectivity index (χ0n) is 16.2. The number of nitrogens with one attached hydrogen (secondary N) is 1. The second kappa shape index (κ2) is 10.7. The molecule has 3 rings (SSSR count). The van der Waals surface area contributed by atoms with Crippen LogP contribution in [0.1, 0.15) is 25.6 Å². The molecule has 2 fully saturated rings. The van der Waals surface area contributed by atoms with Crippen LogP contribution in [-0.2, 0) is 11.2 Å².